The monoisotopic (exact) mass is 399 g/mol. The third-order valence-electron chi connectivity index (χ3n) is 3.49. The normalized spacial score (nSPS) is 10.9. The number of hydrogen-bond donors (Lipinski definition) is 1. The molecule has 0 saturated heterocycles. The van der Waals surface area contributed by atoms with Crippen molar-refractivity contribution >= 4 is 34.2 Å². The lowest BCUT2D eigenvalue weighted by Gasteiger charge is -2.09. The molecule has 0 fully saturated rings. The summed E-state index contributed by atoms with van der Waals surface area (Å²) in [5.41, 5.74) is 1.79. The van der Waals surface area contributed by atoms with E-state index in [9.17, 15) is 14.4 Å². The van der Waals surface area contributed by atoms with Crippen LogP contribution in [0.2, 0.25) is 0 Å². The Kier molecular flexibility index (Phi) is 8.17. The predicted octanol–water partition coefficient (Wildman–Crippen LogP) is 4.21. The second-order valence-electron chi connectivity index (χ2n) is 5.48. The summed E-state index contributed by atoms with van der Waals surface area (Å²) in [5.74, 6) is -1.70. The molecule has 146 valence electrons. The highest BCUT2D eigenvalue weighted by Gasteiger charge is 2.22. The standard InChI is InChI=1S/C21H21NO5S/c1-3-5-7-12-18(24)27-13-17(23)22-20-19(21(25)26-4-2)16(14-28-20)15-10-8-6-9-11-15/h3,5-12,14H,4,13H2,1-2H3,(H,22,23)/b5-3+,12-7+. The summed E-state index contributed by atoms with van der Waals surface area (Å²) in [5, 5.41) is 4.76. The van der Waals surface area contributed by atoms with E-state index in [4.69, 9.17) is 9.47 Å². The van der Waals surface area contributed by atoms with Crippen molar-refractivity contribution in [3.05, 3.63) is 65.6 Å². The van der Waals surface area contributed by atoms with Gasteiger partial charge in [0.05, 0.1) is 6.61 Å². The number of carbonyl (C=O) groups is 3. The van der Waals surface area contributed by atoms with Gasteiger partial charge in [-0.15, -0.1) is 11.3 Å². The van der Waals surface area contributed by atoms with Crippen LogP contribution >= 0.6 is 11.3 Å². The van der Waals surface area contributed by atoms with Crippen LogP contribution in [0.3, 0.4) is 0 Å². The molecule has 0 unspecified atom stereocenters. The highest BCUT2D eigenvalue weighted by Crippen LogP contribution is 2.36. The van der Waals surface area contributed by atoms with E-state index < -0.39 is 24.5 Å². The minimum Gasteiger partial charge on any atom is -0.462 e. The average Bonchev–Trinajstić information content (AvgIpc) is 3.11. The first-order valence-electron chi connectivity index (χ1n) is 8.66. The number of hydrogen-bond acceptors (Lipinski definition) is 6. The molecule has 0 aliphatic heterocycles. The maximum atomic E-state index is 12.4. The second kappa shape index (κ2) is 10.8. The van der Waals surface area contributed by atoms with E-state index in [-0.39, 0.29) is 12.2 Å². The Morgan fingerprint density at radius 3 is 2.54 bits per heavy atom. The highest BCUT2D eigenvalue weighted by atomic mass is 32.1. The summed E-state index contributed by atoms with van der Waals surface area (Å²) in [6, 6.07) is 9.34. The minimum atomic E-state index is -0.630. The van der Waals surface area contributed by atoms with Gasteiger partial charge in [0, 0.05) is 17.0 Å². The van der Waals surface area contributed by atoms with E-state index in [1.807, 2.05) is 37.3 Å². The zero-order chi connectivity index (χ0) is 20.4. The Morgan fingerprint density at radius 2 is 1.86 bits per heavy atom. The van der Waals surface area contributed by atoms with Crippen molar-refractivity contribution in [3.8, 4) is 11.1 Å². The molecule has 1 heterocycles. The van der Waals surface area contributed by atoms with Gasteiger partial charge in [-0.3, -0.25) is 4.79 Å². The lowest BCUT2D eigenvalue weighted by molar-refractivity contribution is -0.142. The fourth-order valence-corrected chi connectivity index (χ4v) is 3.25. The molecule has 0 atom stereocenters. The number of benzene rings is 1. The van der Waals surface area contributed by atoms with Crippen LogP contribution < -0.4 is 5.32 Å². The highest BCUT2D eigenvalue weighted by molar-refractivity contribution is 7.15. The first-order valence-corrected chi connectivity index (χ1v) is 9.54. The van der Waals surface area contributed by atoms with Gasteiger partial charge in [-0.1, -0.05) is 48.6 Å². The molecule has 1 aromatic heterocycles. The summed E-state index contributed by atoms with van der Waals surface area (Å²) in [7, 11) is 0. The Bertz CT molecular complexity index is 883. The SMILES string of the molecule is C/C=C/C=C/C(=O)OCC(=O)Nc1scc(-c2ccccc2)c1C(=O)OCC. The fraction of sp³-hybridized carbons (Fsp3) is 0.190. The number of nitrogens with one attached hydrogen (secondary N) is 1. The molecule has 2 aromatic rings. The van der Waals surface area contributed by atoms with Crippen molar-refractivity contribution in [1.82, 2.24) is 0 Å². The molecular weight excluding hydrogens is 378 g/mol. The molecule has 28 heavy (non-hydrogen) atoms. The number of esters is 2. The molecule has 2 rings (SSSR count). The number of amides is 1. The van der Waals surface area contributed by atoms with E-state index >= 15 is 0 Å². The largest absolute Gasteiger partial charge is 0.462 e. The molecule has 0 bridgehead atoms. The van der Waals surface area contributed by atoms with Crippen molar-refractivity contribution in [1.29, 1.82) is 0 Å². The topological polar surface area (TPSA) is 81.7 Å². The van der Waals surface area contributed by atoms with Crippen LogP contribution in [0, 0.1) is 0 Å². The molecule has 7 heteroatoms. The smallest absolute Gasteiger partial charge is 0.341 e. The van der Waals surface area contributed by atoms with Gasteiger partial charge in [-0.2, -0.15) is 0 Å². The van der Waals surface area contributed by atoms with Gasteiger partial charge < -0.3 is 14.8 Å². The lowest BCUT2D eigenvalue weighted by Crippen LogP contribution is -2.21. The van der Waals surface area contributed by atoms with Crippen molar-refractivity contribution in [2.75, 3.05) is 18.5 Å². The van der Waals surface area contributed by atoms with Crippen molar-refractivity contribution in [2.45, 2.75) is 13.8 Å². The van der Waals surface area contributed by atoms with Crippen LogP contribution in [0.4, 0.5) is 5.00 Å². The second-order valence-corrected chi connectivity index (χ2v) is 6.36. The number of rotatable bonds is 8. The number of thiophene rings is 1. The van der Waals surface area contributed by atoms with Gasteiger partial charge in [0.25, 0.3) is 5.91 Å². The van der Waals surface area contributed by atoms with Crippen molar-refractivity contribution < 1.29 is 23.9 Å². The number of allylic oxidation sites excluding steroid dienone is 3. The zero-order valence-electron chi connectivity index (χ0n) is 15.6. The summed E-state index contributed by atoms with van der Waals surface area (Å²) in [6.45, 7) is 3.28. The molecular formula is C21H21NO5S. The van der Waals surface area contributed by atoms with E-state index in [1.54, 1.807) is 24.5 Å². The van der Waals surface area contributed by atoms with Crippen LogP contribution in [-0.4, -0.2) is 31.1 Å². The maximum absolute atomic E-state index is 12.4. The third kappa shape index (κ3) is 5.92. The lowest BCUT2D eigenvalue weighted by atomic mass is 10.0. The molecule has 0 aliphatic rings. The Hall–Kier alpha value is -3.19. The van der Waals surface area contributed by atoms with E-state index in [0.717, 1.165) is 5.56 Å². The van der Waals surface area contributed by atoms with Gasteiger partial charge in [0.15, 0.2) is 6.61 Å². The van der Waals surface area contributed by atoms with Gasteiger partial charge in [0.1, 0.15) is 10.6 Å². The van der Waals surface area contributed by atoms with Crippen LogP contribution in [0.25, 0.3) is 11.1 Å². The predicted molar refractivity (Wildman–Crippen MR) is 109 cm³/mol. The molecule has 0 aliphatic carbocycles. The first-order chi connectivity index (χ1) is 13.6. The third-order valence-corrected chi connectivity index (χ3v) is 4.39. The first kappa shape index (κ1) is 21.1. The molecule has 1 amide bonds. The average molecular weight is 399 g/mol. The molecule has 1 aromatic carbocycles. The molecule has 0 spiro atoms. The fourth-order valence-electron chi connectivity index (χ4n) is 2.28. The summed E-state index contributed by atoms with van der Waals surface area (Å²) in [6.07, 6.45) is 6.17. The van der Waals surface area contributed by atoms with E-state index in [0.29, 0.717) is 10.6 Å². The molecule has 6 nitrogen and oxygen atoms in total. The van der Waals surface area contributed by atoms with Crippen LogP contribution in [0.5, 0.6) is 0 Å². The van der Waals surface area contributed by atoms with Gasteiger partial charge in [0.2, 0.25) is 0 Å². The van der Waals surface area contributed by atoms with Crippen LogP contribution in [-0.2, 0) is 19.1 Å². The quantitative estimate of drug-likeness (QED) is 0.409. The van der Waals surface area contributed by atoms with Gasteiger partial charge in [-0.05, 0) is 19.4 Å². The Balaban J connectivity index is 2.14. The van der Waals surface area contributed by atoms with Crippen LogP contribution in [0.1, 0.15) is 24.2 Å². The van der Waals surface area contributed by atoms with Gasteiger partial charge >= 0.3 is 11.9 Å². The maximum Gasteiger partial charge on any atom is 0.341 e. The Labute approximate surface area is 167 Å². The van der Waals surface area contributed by atoms with Crippen LogP contribution in [0.15, 0.2) is 60.0 Å². The molecule has 1 N–H and O–H groups in total. The summed E-state index contributed by atoms with van der Waals surface area (Å²) in [4.78, 5) is 36.1. The minimum absolute atomic E-state index is 0.215. The number of carbonyl (C=O) groups excluding carboxylic acids is 3. The van der Waals surface area contributed by atoms with E-state index in [2.05, 4.69) is 5.32 Å². The number of anilines is 1. The zero-order valence-corrected chi connectivity index (χ0v) is 16.5. The number of ether oxygens (including phenoxy) is 2. The summed E-state index contributed by atoms with van der Waals surface area (Å²) < 4.78 is 10.0. The summed E-state index contributed by atoms with van der Waals surface area (Å²) >= 11 is 1.21. The van der Waals surface area contributed by atoms with E-state index in [1.165, 1.54) is 23.5 Å². The van der Waals surface area contributed by atoms with Crippen molar-refractivity contribution in [2.24, 2.45) is 0 Å². The molecule has 0 radical (unpaired) electrons. The van der Waals surface area contributed by atoms with Gasteiger partial charge in [-0.25, -0.2) is 9.59 Å². The van der Waals surface area contributed by atoms with Crippen molar-refractivity contribution in [3.63, 3.8) is 0 Å². The Morgan fingerprint density at radius 1 is 1.11 bits per heavy atom. The molecule has 0 saturated carbocycles.